The van der Waals surface area contributed by atoms with Gasteiger partial charge in [0, 0.05) is 35.6 Å². The van der Waals surface area contributed by atoms with Gasteiger partial charge < -0.3 is 20.1 Å². The standard InChI is InChI=1S/C26H25ClN2O4/c1-29(15-16-30)23-12-5-19(6-13-23)7-14-25(31)20-8-10-22(11-9-20)28-26(32)18-33-24-4-2-3-21(27)17-24/h2-14,17,30H,15-16,18H2,1H3,(H,28,32)/b14-7+. The van der Waals surface area contributed by atoms with Gasteiger partial charge in [0.1, 0.15) is 5.75 Å². The van der Waals surface area contributed by atoms with Crippen LogP contribution in [-0.4, -0.2) is 43.6 Å². The number of likely N-dealkylation sites (N-methyl/N-ethyl adjacent to an activating group) is 1. The Hall–Kier alpha value is -3.61. The molecule has 0 atom stereocenters. The molecule has 33 heavy (non-hydrogen) atoms. The van der Waals surface area contributed by atoms with Gasteiger partial charge in [0.2, 0.25) is 0 Å². The largest absolute Gasteiger partial charge is 0.484 e. The molecule has 0 fully saturated rings. The van der Waals surface area contributed by atoms with Crippen molar-refractivity contribution in [2.24, 2.45) is 0 Å². The number of carbonyl (C=O) groups is 2. The summed E-state index contributed by atoms with van der Waals surface area (Å²) >= 11 is 5.89. The van der Waals surface area contributed by atoms with Crippen molar-refractivity contribution in [3.63, 3.8) is 0 Å². The van der Waals surface area contributed by atoms with Gasteiger partial charge in [0.05, 0.1) is 6.61 Å². The highest BCUT2D eigenvalue weighted by atomic mass is 35.5. The zero-order chi connectivity index (χ0) is 23.6. The average Bonchev–Trinajstić information content (AvgIpc) is 2.82. The van der Waals surface area contributed by atoms with E-state index in [-0.39, 0.29) is 24.9 Å². The first-order valence-electron chi connectivity index (χ1n) is 10.4. The number of aliphatic hydroxyl groups excluding tert-OH is 1. The Bertz CT molecular complexity index is 1110. The molecule has 0 aliphatic rings. The zero-order valence-corrected chi connectivity index (χ0v) is 19.0. The maximum atomic E-state index is 12.5. The third kappa shape index (κ3) is 7.49. The van der Waals surface area contributed by atoms with E-state index in [0.29, 0.717) is 28.6 Å². The zero-order valence-electron chi connectivity index (χ0n) is 18.2. The van der Waals surface area contributed by atoms with Crippen molar-refractivity contribution in [2.45, 2.75) is 0 Å². The molecule has 1 amide bonds. The van der Waals surface area contributed by atoms with E-state index in [4.69, 9.17) is 21.4 Å². The highest BCUT2D eigenvalue weighted by Gasteiger charge is 2.06. The number of aliphatic hydroxyl groups is 1. The van der Waals surface area contributed by atoms with Gasteiger partial charge in [0.15, 0.2) is 12.4 Å². The van der Waals surface area contributed by atoms with Crippen LogP contribution in [0.1, 0.15) is 15.9 Å². The number of nitrogens with zero attached hydrogens (tertiary/aromatic N) is 1. The van der Waals surface area contributed by atoms with Crippen LogP contribution < -0.4 is 15.0 Å². The Labute approximate surface area is 198 Å². The Balaban J connectivity index is 1.51. The fraction of sp³-hybridized carbons (Fsp3) is 0.154. The first-order chi connectivity index (χ1) is 15.9. The van der Waals surface area contributed by atoms with Crippen LogP contribution in [0, 0.1) is 0 Å². The van der Waals surface area contributed by atoms with Crippen molar-refractivity contribution in [1.82, 2.24) is 0 Å². The maximum absolute atomic E-state index is 12.5. The normalized spacial score (nSPS) is 10.8. The molecule has 3 rings (SSSR count). The third-order valence-corrected chi connectivity index (χ3v) is 5.05. The number of nitrogens with one attached hydrogen (secondary N) is 1. The maximum Gasteiger partial charge on any atom is 0.262 e. The molecular formula is C26H25ClN2O4. The number of hydrogen-bond acceptors (Lipinski definition) is 5. The lowest BCUT2D eigenvalue weighted by Crippen LogP contribution is -2.20. The van der Waals surface area contributed by atoms with Crippen LogP contribution in [0.5, 0.6) is 5.75 Å². The second kappa shape index (κ2) is 11.9. The number of hydrogen-bond donors (Lipinski definition) is 2. The molecule has 0 saturated heterocycles. The molecule has 0 radical (unpaired) electrons. The molecule has 0 bridgehead atoms. The van der Waals surface area contributed by atoms with E-state index in [2.05, 4.69) is 5.32 Å². The van der Waals surface area contributed by atoms with Gasteiger partial charge in [-0.25, -0.2) is 0 Å². The predicted octanol–water partition coefficient (Wildman–Crippen LogP) is 4.68. The van der Waals surface area contributed by atoms with Crippen LogP contribution in [0.15, 0.2) is 78.9 Å². The minimum absolute atomic E-state index is 0.0892. The van der Waals surface area contributed by atoms with Gasteiger partial charge in [-0.3, -0.25) is 9.59 Å². The topological polar surface area (TPSA) is 78.9 Å². The average molecular weight is 465 g/mol. The fourth-order valence-electron chi connectivity index (χ4n) is 3.01. The molecular weight excluding hydrogens is 440 g/mol. The van der Waals surface area contributed by atoms with Crippen LogP contribution in [0.25, 0.3) is 6.08 Å². The molecule has 0 aromatic heterocycles. The summed E-state index contributed by atoms with van der Waals surface area (Å²) in [4.78, 5) is 26.5. The van der Waals surface area contributed by atoms with E-state index in [1.165, 1.54) is 6.08 Å². The van der Waals surface area contributed by atoms with Crippen molar-refractivity contribution in [3.05, 3.63) is 95.0 Å². The van der Waals surface area contributed by atoms with E-state index in [1.54, 1.807) is 54.6 Å². The summed E-state index contributed by atoms with van der Waals surface area (Å²) in [7, 11) is 1.91. The second-order valence-electron chi connectivity index (χ2n) is 7.31. The van der Waals surface area contributed by atoms with Gasteiger partial charge >= 0.3 is 0 Å². The van der Waals surface area contributed by atoms with Crippen molar-refractivity contribution < 1.29 is 19.4 Å². The van der Waals surface area contributed by atoms with Crippen molar-refractivity contribution in [3.8, 4) is 5.75 Å². The summed E-state index contributed by atoms with van der Waals surface area (Å²) < 4.78 is 5.42. The van der Waals surface area contributed by atoms with Crippen LogP contribution in [-0.2, 0) is 4.79 Å². The van der Waals surface area contributed by atoms with Crippen molar-refractivity contribution in [1.29, 1.82) is 0 Å². The van der Waals surface area contributed by atoms with E-state index in [9.17, 15) is 9.59 Å². The van der Waals surface area contributed by atoms with E-state index in [1.807, 2.05) is 36.2 Å². The fourth-order valence-corrected chi connectivity index (χ4v) is 3.19. The molecule has 0 spiro atoms. The van der Waals surface area contributed by atoms with Crippen LogP contribution in [0.2, 0.25) is 5.02 Å². The third-order valence-electron chi connectivity index (χ3n) is 4.82. The summed E-state index contributed by atoms with van der Waals surface area (Å²) in [6.07, 6.45) is 3.26. The molecule has 3 aromatic rings. The Kier molecular flexibility index (Phi) is 8.63. The quantitative estimate of drug-likeness (QED) is 0.336. The number of ketones is 1. The molecule has 2 N–H and O–H groups in total. The molecule has 0 heterocycles. The molecule has 170 valence electrons. The number of allylic oxidation sites excluding steroid dienone is 1. The van der Waals surface area contributed by atoms with Gasteiger partial charge in [-0.15, -0.1) is 0 Å². The van der Waals surface area contributed by atoms with E-state index in [0.717, 1.165) is 11.3 Å². The minimum atomic E-state index is -0.318. The highest BCUT2D eigenvalue weighted by molar-refractivity contribution is 6.30. The van der Waals surface area contributed by atoms with Gasteiger partial charge in [-0.1, -0.05) is 35.9 Å². The molecule has 0 unspecified atom stereocenters. The SMILES string of the molecule is CN(CCO)c1ccc(/C=C/C(=O)c2ccc(NC(=O)COc3cccc(Cl)c3)cc2)cc1. The Morgan fingerprint density at radius 2 is 1.79 bits per heavy atom. The lowest BCUT2D eigenvalue weighted by Gasteiger charge is -2.17. The monoisotopic (exact) mass is 464 g/mol. The summed E-state index contributed by atoms with van der Waals surface area (Å²) in [6.45, 7) is 0.489. The Morgan fingerprint density at radius 3 is 2.45 bits per heavy atom. The molecule has 7 heteroatoms. The number of ether oxygens (including phenoxy) is 1. The number of anilines is 2. The first-order valence-corrected chi connectivity index (χ1v) is 10.7. The van der Waals surface area contributed by atoms with Crippen LogP contribution in [0.3, 0.4) is 0 Å². The van der Waals surface area contributed by atoms with Gasteiger partial charge in [0.25, 0.3) is 5.91 Å². The van der Waals surface area contributed by atoms with E-state index < -0.39 is 0 Å². The smallest absolute Gasteiger partial charge is 0.262 e. The number of halogens is 1. The second-order valence-corrected chi connectivity index (χ2v) is 7.74. The predicted molar refractivity (Wildman–Crippen MR) is 132 cm³/mol. The van der Waals surface area contributed by atoms with Gasteiger partial charge in [-0.2, -0.15) is 0 Å². The molecule has 0 saturated carbocycles. The molecule has 6 nitrogen and oxygen atoms in total. The van der Waals surface area contributed by atoms with Crippen LogP contribution in [0.4, 0.5) is 11.4 Å². The minimum Gasteiger partial charge on any atom is -0.484 e. The van der Waals surface area contributed by atoms with Crippen molar-refractivity contribution >= 4 is 40.7 Å². The highest BCUT2D eigenvalue weighted by Crippen LogP contribution is 2.18. The van der Waals surface area contributed by atoms with Crippen molar-refractivity contribution in [2.75, 3.05) is 37.0 Å². The summed E-state index contributed by atoms with van der Waals surface area (Å²) in [6, 6.07) is 21.2. The summed E-state index contributed by atoms with van der Waals surface area (Å²) in [5, 5.41) is 12.3. The lowest BCUT2D eigenvalue weighted by atomic mass is 10.1. The molecule has 0 aliphatic carbocycles. The van der Waals surface area contributed by atoms with Crippen LogP contribution >= 0.6 is 11.6 Å². The molecule has 0 aliphatic heterocycles. The van der Waals surface area contributed by atoms with Gasteiger partial charge in [-0.05, 0) is 66.2 Å². The first kappa shape index (κ1) is 24.0. The number of carbonyl (C=O) groups excluding carboxylic acids is 2. The lowest BCUT2D eigenvalue weighted by molar-refractivity contribution is -0.118. The Morgan fingerprint density at radius 1 is 1.06 bits per heavy atom. The summed E-state index contributed by atoms with van der Waals surface area (Å²) in [5.74, 6) is 0.0536. The molecule has 3 aromatic carbocycles. The number of amides is 1. The summed E-state index contributed by atoms with van der Waals surface area (Å²) in [5.41, 5.74) is 2.97. The van der Waals surface area contributed by atoms with E-state index >= 15 is 0 Å². The number of benzene rings is 3. The number of rotatable bonds is 10.